The van der Waals surface area contributed by atoms with Gasteiger partial charge in [-0.05, 0) is 30.9 Å². The van der Waals surface area contributed by atoms with Gasteiger partial charge in [-0.25, -0.2) is 4.98 Å². The quantitative estimate of drug-likeness (QED) is 0.797. The van der Waals surface area contributed by atoms with Crippen molar-refractivity contribution < 1.29 is 19.4 Å². The lowest BCUT2D eigenvalue weighted by atomic mass is 9.74. The highest BCUT2D eigenvalue weighted by Gasteiger charge is 2.62. The lowest BCUT2D eigenvalue weighted by Crippen LogP contribution is -2.51. The first-order valence-electron chi connectivity index (χ1n) is 10.4. The van der Waals surface area contributed by atoms with Crippen molar-refractivity contribution in [2.45, 2.75) is 30.7 Å². The number of hydrogen-bond donors (Lipinski definition) is 2. The van der Waals surface area contributed by atoms with Crippen molar-refractivity contribution in [3.63, 3.8) is 0 Å². The van der Waals surface area contributed by atoms with Crippen molar-refractivity contribution in [2.24, 2.45) is 12.5 Å². The normalized spacial score (nSPS) is 27.3. The second kappa shape index (κ2) is 6.92. The standard InChI is InChI=1S/C22H26N4O4/c1-25-11-9-23-18(25)17-22(15-4-2-3-5-16(15)24-19(22)28)6-10-26(17)20(29)21(14-27)7-12-30-13-8-21/h2-5,9,11,17,27H,6-8,10,12-14H2,1H3,(H,24,28)/t17-,22+/m0/s1. The van der Waals surface area contributed by atoms with Crippen molar-refractivity contribution in [3.05, 3.63) is 48.0 Å². The molecule has 2 aromatic rings. The molecule has 2 amide bonds. The van der Waals surface area contributed by atoms with Crippen molar-refractivity contribution in [2.75, 3.05) is 31.7 Å². The monoisotopic (exact) mass is 410 g/mol. The number of aromatic nitrogens is 2. The van der Waals surface area contributed by atoms with E-state index in [0.29, 0.717) is 44.8 Å². The molecule has 0 aliphatic carbocycles. The van der Waals surface area contributed by atoms with Crippen LogP contribution in [0.25, 0.3) is 0 Å². The Bertz CT molecular complexity index is 997. The molecule has 0 bridgehead atoms. The van der Waals surface area contributed by atoms with Crippen LogP contribution in [0, 0.1) is 5.41 Å². The maximum Gasteiger partial charge on any atom is 0.237 e. The minimum absolute atomic E-state index is 0.1000. The summed E-state index contributed by atoms with van der Waals surface area (Å²) in [6.45, 7) is 1.10. The molecule has 1 aromatic heterocycles. The molecule has 3 aliphatic rings. The van der Waals surface area contributed by atoms with Crippen LogP contribution in [0.5, 0.6) is 0 Å². The van der Waals surface area contributed by atoms with E-state index in [4.69, 9.17) is 4.74 Å². The predicted octanol–water partition coefficient (Wildman–Crippen LogP) is 1.37. The van der Waals surface area contributed by atoms with Gasteiger partial charge in [0, 0.05) is 44.9 Å². The van der Waals surface area contributed by atoms with Crippen molar-refractivity contribution in [1.29, 1.82) is 0 Å². The summed E-state index contributed by atoms with van der Waals surface area (Å²) in [7, 11) is 1.88. The summed E-state index contributed by atoms with van der Waals surface area (Å²) in [6, 6.07) is 7.14. The number of fused-ring (bicyclic) bond motifs is 2. The van der Waals surface area contributed by atoms with E-state index < -0.39 is 16.9 Å². The Labute approximate surface area is 174 Å². The molecule has 0 radical (unpaired) electrons. The second-order valence-electron chi connectivity index (χ2n) is 8.57. The number of hydrogen-bond acceptors (Lipinski definition) is 5. The van der Waals surface area contributed by atoms with E-state index >= 15 is 0 Å². The van der Waals surface area contributed by atoms with Gasteiger partial charge in [0.15, 0.2) is 0 Å². The molecule has 2 fully saturated rings. The molecule has 2 N–H and O–H groups in total. The number of ether oxygens (including phenoxy) is 1. The topological polar surface area (TPSA) is 96.7 Å². The Morgan fingerprint density at radius 2 is 2.07 bits per heavy atom. The molecule has 0 unspecified atom stereocenters. The Balaban J connectivity index is 1.64. The molecule has 3 aliphatic heterocycles. The third-order valence-corrected chi connectivity index (χ3v) is 7.16. The van der Waals surface area contributed by atoms with Crippen molar-refractivity contribution >= 4 is 17.5 Å². The van der Waals surface area contributed by atoms with Gasteiger partial charge < -0.3 is 24.6 Å². The van der Waals surface area contributed by atoms with Crippen LogP contribution in [0.15, 0.2) is 36.7 Å². The van der Waals surface area contributed by atoms with E-state index in [0.717, 1.165) is 11.3 Å². The summed E-state index contributed by atoms with van der Waals surface area (Å²) >= 11 is 0. The van der Waals surface area contributed by atoms with E-state index in [-0.39, 0.29) is 18.4 Å². The number of benzene rings is 1. The number of aliphatic hydroxyl groups is 1. The minimum Gasteiger partial charge on any atom is -0.395 e. The number of likely N-dealkylation sites (tertiary alicyclic amines) is 1. The zero-order chi connectivity index (χ0) is 20.9. The van der Waals surface area contributed by atoms with Crippen molar-refractivity contribution in [3.8, 4) is 0 Å². The number of para-hydroxylation sites is 1. The molecule has 5 rings (SSSR count). The van der Waals surface area contributed by atoms with Crippen LogP contribution in [0.3, 0.4) is 0 Å². The van der Waals surface area contributed by atoms with E-state index in [1.807, 2.05) is 42.1 Å². The summed E-state index contributed by atoms with van der Waals surface area (Å²) < 4.78 is 7.33. The van der Waals surface area contributed by atoms with Gasteiger partial charge in [0.25, 0.3) is 0 Å². The Hall–Kier alpha value is -2.71. The van der Waals surface area contributed by atoms with Gasteiger partial charge in [-0.1, -0.05) is 18.2 Å². The van der Waals surface area contributed by atoms with E-state index in [9.17, 15) is 14.7 Å². The number of nitrogens with one attached hydrogen (secondary N) is 1. The average molecular weight is 410 g/mol. The third kappa shape index (κ3) is 2.50. The fourth-order valence-corrected chi connectivity index (χ4v) is 5.41. The van der Waals surface area contributed by atoms with Crippen LogP contribution in [-0.2, 0) is 26.8 Å². The van der Waals surface area contributed by atoms with E-state index in [1.165, 1.54) is 0 Å². The van der Waals surface area contributed by atoms with Gasteiger partial charge in [-0.2, -0.15) is 0 Å². The summed E-state index contributed by atoms with van der Waals surface area (Å²) in [5, 5.41) is 13.2. The highest BCUT2D eigenvalue weighted by Crippen LogP contribution is 2.55. The average Bonchev–Trinajstić information content (AvgIpc) is 3.45. The van der Waals surface area contributed by atoms with Gasteiger partial charge in [0.05, 0.1) is 12.0 Å². The number of nitrogens with zero attached hydrogens (tertiary/aromatic N) is 3. The molecule has 4 heterocycles. The van der Waals surface area contributed by atoms with Crippen LogP contribution in [0.4, 0.5) is 5.69 Å². The van der Waals surface area contributed by atoms with Gasteiger partial charge in [-0.15, -0.1) is 0 Å². The summed E-state index contributed by atoms with van der Waals surface area (Å²) in [6.07, 6.45) is 4.99. The minimum atomic E-state index is -0.896. The number of imidazole rings is 1. The summed E-state index contributed by atoms with van der Waals surface area (Å²) in [5.74, 6) is 0.459. The zero-order valence-electron chi connectivity index (χ0n) is 17.0. The molecule has 8 nitrogen and oxygen atoms in total. The Morgan fingerprint density at radius 3 is 2.77 bits per heavy atom. The fraction of sp³-hybridized carbons (Fsp3) is 0.500. The fourth-order valence-electron chi connectivity index (χ4n) is 5.41. The number of carbonyl (C=O) groups is 2. The number of rotatable bonds is 3. The maximum absolute atomic E-state index is 13.9. The first kappa shape index (κ1) is 19.3. The molecule has 1 spiro atoms. The van der Waals surface area contributed by atoms with Gasteiger partial charge >= 0.3 is 0 Å². The predicted molar refractivity (Wildman–Crippen MR) is 109 cm³/mol. The van der Waals surface area contributed by atoms with Gasteiger partial charge in [0.1, 0.15) is 17.3 Å². The molecule has 158 valence electrons. The lowest BCUT2D eigenvalue weighted by Gasteiger charge is -2.40. The number of carbonyl (C=O) groups excluding carboxylic acids is 2. The van der Waals surface area contributed by atoms with Crippen LogP contribution < -0.4 is 5.32 Å². The smallest absolute Gasteiger partial charge is 0.237 e. The summed E-state index contributed by atoms with van der Waals surface area (Å²) in [4.78, 5) is 33.6. The molecule has 0 saturated carbocycles. The van der Waals surface area contributed by atoms with E-state index in [2.05, 4.69) is 10.3 Å². The number of aryl methyl sites for hydroxylation is 1. The molecule has 2 saturated heterocycles. The van der Waals surface area contributed by atoms with Crippen molar-refractivity contribution in [1.82, 2.24) is 14.5 Å². The van der Waals surface area contributed by atoms with Gasteiger partial charge in [-0.3, -0.25) is 9.59 Å². The third-order valence-electron chi connectivity index (χ3n) is 7.16. The Kier molecular flexibility index (Phi) is 4.44. The van der Waals surface area contributed by atoms with Crippen LogP contribution in [-0.4, -0.2) is 57.7 Å². The molecule has 8 heteroatoms. The molecular weight excluding hydrogens is 384 g/mol. The van der Waals surface area contributed by atoms with E-state index in [1.54, 1.807) is 11.1 Å². The first-order chi connectivity index (χ1) is 14.5. The first-order valence-corrected chi connectivity index (χ1v) is 10.4. The van der Waals surface area contributed by atoms with Gasteiger partial charge in [0.2, 0.25) is 11.8 Å². The number of aliphatic hydroxyl groups excluding tert-OH is 1. The number of anilines is 1. The number of amides is 2. The van der Waals surface area contributed by atoms with Crippen LogP contribution >= 0.6 is 0 Å². The van der Waals surface area contributed by atoms with Crippen LogP contribution in [0.1, 0.15) is 36.7 Å². The second-order valence-corrected chi connectivity index (χ2v) is 8.57. The molecule has 30 heavy (non-hydrogen) atoms. The highest BCUT2D eigenvalue weighted by atomic mass is 16.5. The summed E-state index contributed by atoms with van der Waals surface area (Å²) in [5.41, 5.74) is -0.0723. The molecular formula is C22H26N4O4. The lowest BCUT2D eigenvalue weighted by molar-refractivity contribution is -0.153. The maximum atomic E-state index is 13.9. The highest BCUT2D eigenvalue weighted by molar-refractivity contribution is 6.07. The molecule has 1 aromatic carbocycles. The largest absolute Gasteiger partial charge is 0.395 e. The SMILES string of the molecule is Cn1ccnc1[C@@H]1N(C(=O)C2(CO)CCOCC2)CC[C@]12C(=O)Nc1ccccc12. The Morgan fingerprint density at radius 1 is 1.30 bits per heavy atom. The molecule has 2 atom stereocenters. The zero-order valence-corrected chi connectivity index (χ0v) is 17.0. The van der Waals surface area contributed by atoms with Crippen LogP contribution in [0.2, 0.25) is 0 Å².